The van der Waals surface area contributed by atoms with E-state index in [1.807, 2.05) is 0 Å². The van der Waals surface area contributed by atoms with Gasteiger partial charge in [-0.1, -0.05) is 32.0 Å². The van der Waals surface area contributed by atoms with Crippen molar-refractivity contribution in [2.75, 3.05) is 19.6 Å². The summed E-state index contributed by atoms with van der Waals surface area (Å²) in [6, 6.07) is 8.75. The summed E-state index contributed by atoms with van der Waals surface area (Å²) in [5.41, 5.74) is 4.38. The summed E-state index contributed by atoms with van der Waals surface area (Å²) in [6.45, 7) is 8.14. The lowest BCUT2D eigenvalue weighted by Gasteiger charge is -2.28. The van der Waals surface area contributed by atoms with Gasteiger partial charge in [-0.05, 0) is 49.9 Å². The first-order valence-corrected chi connectivity index (χ1v) is 7.62. The average molecular weight is 256 g/mol. The van der Waals surface area contributed by atoms with Gasteiger partial charge in [-0.2, -0.15) is 0 Å². The van der Waals surface area contributed by atoms with Gasteiger partial charge in [0, 0.05) is 23.1 Å². The number of benzene rings is 1. The first kappa shape index (κ1) is 12.7. The molecule has 0 spiro atoms. The Morgan fingerprint density at radius 2 is 2.00 bits per heavy atom. The third kappa shape index (κ3) is 2.42. The maximum Gasteiger partial charge on any atom is 0.0458 e. The molecule has 3 rings (SSSR count). The summed E-state index contributed by atoms with van der Waals surface area (Å²) in [6.07, 6.45) is 3.79. The fourth-order valence-electron chi connectivity index (χ4n) is 3.44. The highest BCUT2D eigenvalue weighted by Crippen LogP contribution is 2.31. The van der Waals surface area contributed by atoms with Crippen LogP contribution in [-0.4, -0.2) is 29.5 Å². The molecule has 19 heavy (non-hydrogen) atoms. The standard InChI is InChI=1S/C17H24N2/c1-3-19(4-2)12-13-9-10-17-15(11-13)14-7-5-6-8-16(14)18-17/h5-8,13,18H,3-4,9-12H2,1-2H3/t13-/m0/s1. The lowest BCUT2D eigenvalue weighted by molar-refractivity contribution is 0.239. The molecule has 1 atom stereocenters. The Balaban J connectivity index is 1.82. The predicted molar refractivity (Wildman–Crippen MR) is 81.6 cm³/mol. The lowest BCUT2D eigenvalue weighted by atomic mass is 9.86. The Labute approximate surface area is 115 Å². The van der Waals surface area contributed by atoms with Crippen molar-refractivity contribution < 1.29 is 0 Å². The van der Waals surface area contributed by atoms with Gasteiger partial charge in [0.25, 0.3) is 0 Å². The van der Waals surface area contributed by atoms with Crippen LogP contribution in [0.4, 0.5) is 0 Å². The highest BCUT2D eigenvalue weighted by molar-refractivity contribution is 5.84. The Morgan fingerprint density at radius 1 is 1.21 bits per heavy atom. The normalized spacial score (nSPS) is 19.0. The van der Waals surface area contributed by atoms with Crippen molar-refractivity contribution in [1.82, 2.24) is 9.88 Å². The molecule has 1 heterocycles. The second-order valence-corrected chi connectivity index (χ2v) is 5.72. The molecule has 0 saturated heterocycles. The van der Waals surface area contributed by atoms with Crippen molar-refractivity contribution in [2.24, 2.45) is 5.92 Å². The van der Waals surface area contributed by atoms with Crippen LogP contribution in [0.25, 0.3) is 10.9 Å². The Hall–Kier alpha value is -1.28. The van der Waals surface area contributed by atoms with E-state index in [2.05, 4.69) is 48.0 Å². The molecule has 1 aromatic carbocycles. The van der Waals surface area contributed by atoms with E-state index in [0.717, 1.165) is 5.92 Å². The number of rotatable bonds is 4. The van der Waals surface area contributed by atoms with Crippen molar-refractivity contribution in [3.05, 3.63) is 35.5 Å². The molecule has 1 aliphatic carbocycles. The van der Waals surface area contributed by atoms with Crippen LogP contribution in [0.1, 0.15) is 31.5 Å². The molecule has 0 aliphatic heterocycles. The highest BCUT2D eigenvalue weighted by atomic mass is 15.1. The van der Waals surface area contributed by atoms with E-state index in [-0.39, 0.29) is 0 Å². The zero-order valence-electron chi connectivity index (χ0n) is 12.1. The Morgan fingerprint density at radius 3 is 2.79 bits per heavy atom. The van der Waals surface area contributed by atoms with Crippen molar-refractivity contribution in [1.29, 1.82) is 0 Å². The zero-order chi connectivity index (χ0) is 13.2. The SMILES string of the molecule is CCN(CC)C[C@H]1CCc2[nH]c3ccccc3c2C1. The molecular formula is C17H24N2. The van der Waals surface area contributed by atoms with E-state index >= 15 is 0 Å². The number of para-hydroxylation sites is 1. The van der Waals surface area contributed by atoms with Gasteiger partial charge in [0.2, 0.25) is 0 Å². The third-order valence-electron chi connectivity index (χ3n) is 4.61. The Kier molecular flexibility index (Phi) is 3.61. The van der Waals surface area contributed by atoms with E-state index in [4.69, 9.17) is 0 Å². The molecule has 2 aromatic rings. The van der Waals surface area contributed by atoms with Gasteiger partial charge >= 0.3 is 0 Å². The highest BCUT2D eigenvalue weighted by Gasteiger charge is 2.23. The minimum absolute atomic E-state index is 0.826. The van der Waals surface area contributed by atoms with Crippen LogP contribution >= 0.6 is 0 Å². The van der Waals surface area contributed by atoms with Crippen LogP contribution < -0.4 is 0 Å². The molecule has 2 nitrogen and oxygen atoms in total. The molecule has 1 N–H and O–H groups in total. The van der Waals surface area contributed by atoms with Crippen molar-refractivity contribution in [2.45, 2.75) is 33.1 Å². The zero-order valence-corrected chi connectivity index (χ0v) is 12.1. The number of H-pyrrole nitrogens is 1. The molecule has 2 heteroatoms. The van der Waals surface area contributed by atoms with Crippen LogP contribution in [0.5, 0.6) is 0 Å². The average Bonchev–Trinajstić information content (AvgIpc) is 2.82. The minimum atomic E-state index is 0.826. The van der Waals surface area contributed by atoms with Crippen molar-refractivity contribution in [3.8, 4) is 0 Å². The molecule has 102 valence electrons. The van der Waals surface area contributed by atoms with E-state index in [9.17, 15) is 0 Å². The molecule has 1 aliphatic rings. The summed E-state index contributed by atoms with van der Waals surface area (Å²) in [5.74, 6) is 0.826. The first-order valence-electron chi connectivity index (χ1n) is 7.62. The fourth-order valence-corrected chi connectivity index (χ4v) is 3.44. The van der Waals surface area contributed by atoms with Crippen LogP contribution in [-0.2, 0) is 12.8 Å². The van der Waals surface area contributed by atoms with Gasteiger partial charge in [0.05, 0.1) is 0 Å². The van der Waals surface area contributed by atoms with Crippen LogP contribution in [0.3, 0.4) is 0 Å². The van der Waals surface area contributed by atoms with E-state index in [1.54, 1.807) is 5.56 Å². The molecule has 0 unspecified atom stereocenters. The minimum Gasteiger partial charge on any atom is -0.358 e. The van der Waals surface area contributed by atoms with Gasteiger partial charge in [-0.25, -0.2) is 0 Å². The number of nitrogens with zero attached hydrogens (tertiary/aromatic N) is 1. The number of fused-ring (bicyclic) bond motifs is 3. The maximum atomic E-state index is 3.60. The lowest BCUT2D eigenvalue weighted by Crippen LogP contribution is -2.31. The summed E-state index contributed by atoms with van der Waals surface area (Å²) in [4.78, 5) is 6.16. The number of aryl methyl sites for hydroxylation is 1. The van der Waals surface area contributed by atoms with Gasteiger partial charge in [-0.3, -0.25) is 0 Å². The van der Waals surface area contributed by atoms with E-state index in [0.29, 0.717) is 0 Å². The van der Waals surface area contributed by atoms with Crippen molar-refractivity contribution >= 4 is 10.9 Å². The van der Waals surface area contributed by atoms with Gasteiger partial charge in [-0.15, -0.1) is 0 Å². The smallest absolute Gasteiger partial charge is 0.0458 e. The number of nitrogens with one attached hydrogen (secondary N) is 1. The number of aromatic nitrogens is 1. The van der Waals surface area contributed by atoms with Gasteiger partial charge in [0.1, 0.15) is 0 Å². The molecule has 0 fully saturated rings. The monoisotopic (exact) mass is 256 g/mol. The summed E-state index contributed by atoms with van der Waals surface area (Å²) in [5, 5.41) is 1.45. The van der Waals surface area contributed by atoms with Crippen LogP contribution in [0.15, 0.2) is 24.3 Å². The first-order chi connectivity index (χ1) is 9.31. The fraction of sp³-hybridized carbons (Fsp3) is 0.529. The summed E-state index contributed by atoms with van der Waals surface area (Å²) < 4.78 is 0. The van der Waals surface area contributed by atoms with Crippen LogP contribution in [0.2, 0.25) is 0 Å². The van der Waals surface area contributed by atoms with Crippen LogP contribution in [0, 0.1) is 5.92 Å². The Bertz CT molecular complexity index is 551. The largest absolute Gasteiger partial charge is 0.358 e. The number of hydrogen-bond acceptors (Lipinski definition) is 1. The molecule has 0 saturated carbocycles. The maximum absolute atomic E-state index is 3.60. The molecule has 0 bridgehead atoms. The summed E-state index contributed by atoms with van der Waals surface area (Å²) >= 11 is 0. The number of hydrogen-bond donors (Lipinski definition) is 1. The molecule has 0 amide bonds. The molecular weight excluding hydrogens is 232 g/mol. The predicted octanol–water partition coefficient (Wildman–Crippen LogP) is 3.61. The number of aromatic amines is 1. The third-order valence-corrected chi connectivity index (χ3v) is 4.61. The van der Waals surface area contributed by atoms with Gasteiger partial charge < -0.3 is 9.88 Å². The van der Waals surface area contributed by atoms with Crippen molar-refractivity contribution in [3.63, 3.8) is 0 Å². The van der Waals surface area contributed by atoms with E-state index in [1.165, 1.54) is 55.5 Å². The topological polar surface area (TPSA) is 19.0 Å². The second-order valence-electron chi connectivity index (χ2n) is 5.72. The summed E-state index contributed by atoms with van der Waals surface area (Å²) in [7, 11) is 0. The molecule has 1 aromatic heterocycles. The quantitative estimate of drug-likeness (QED) is 0.885. The van der Waals surface area contributed by atoms with Gasteiger partial charge in [0.15, 0.2) is 0 Å². The van der Waals surface area contributed by atoms with E-state index < -0.39 is 0 Å². The second kappa shape index (κ2) is 5.38. The molecule has 0 radical (unpaired) electrons.